The molecule has 1 saturated heterocycles. The Morgan fingerprint density at radius 3 is 2.60 bits per heavy atom. The highest BCUT2D eigenvalue weighted by Crippen LogP contribution is 2.34. The average molecular weight is 278 g/mol. The lowest BCUT2D eigenvalue weighted by atomic mass is 9.86. The predicted molar refractivity (Wildman–Crippen MR) is 81.6 cm³/mol. The number of likely N-dealkylation sites (tertiary alicyclic amines) is 1. The number of nitrogens with zero attached hydrogens (tertiary/aromatic N) is 1. The minimum absolute atomic E-state index is 0.221. The van der Waals surface area contributed by atoms with E-state index in [9.17, 15) is 0 Å². The molecular formula is C16H26N2O2. The molecule has 4 nitrogen and oxygen atoms in total. The molecule has 0 bridgehead atoms. The van der Waals surface area contributed by atoms with Gasteiger partial charge < -0.3 is 20.1 Å². The van der Waals surface area contributed by atoms with Gasteiger partial charge in [-0.3, -0.25) is 0 Å². The third kappa shape index (κ3) is 3.44. The second kappa shape index (κ2) is 6.95. The molecule has 20 heavy (non-hydrogen) atoms. The summed E-state index contributed by atoms with van der Waals surface area (Å²) in [6.07, 6.45) is 1.04. The van der Waals surface area contributed by atoms with Crippen molar-refractivity contribution in [3.05, 3.63) is 23.8 Å². The smallest absolute Gasteiger partial charge is 0.161 e. The first kappa shape index (κ1) is 15.1. The summed E-state index contributed by atoms with van der Waals surface area (Å²) in [6.45, 7) is 7.33. The van der Waals surface area contributed by atoms with Crippen LogP contribution in [0.2, 0.25) is 0 Å². The maximum Gasteiger partial charge on any atom is 0.161 e. The van der Waals surface area contributed by atoms with Crippen LogP contribution in [0.3, 0.4) is 0 Å². The lowest BCUT2D eigenvalue weighted by Gasteiger charge is -2.35. The van der Waals surface area contributed by atoms with Crippen molar-refractivity contribution in [3.8, 4) is 11.5 Å². The van der Waals surface area contributed by atoms with E-state index < -0.39 is 0 Å². The van der Waals surface area contributed by atoms with Crippen LogP contribution >= 0.6 is 0 Å². The highest BCUT2D eigenvalue weighted by molar-refractivity contribution is 5.44. The average Bonchev–Trinajstić information content (AvgIpc) is 2.44. The van der Waals surface area contributed by atoms with Gasteiger partial charge in [-0.1, -0.05) is 6.07 Å². The first-order valence-corrected chi connectivity index (χ1v) is 7.49. The number of nitrogens with two attached hydrogens (primary N) is 1. The SMILES string of the molecule is CCOc1ccc([C@H]2CN(C)CC[C@H]2N)cc1OCC. The van der Waals surface area contributed by atoms with Gasteiger partial charge in [0.15, 0.2) is 11.5 Å². The molecule has 112 valence electrons. The lowest BCUT2D eigenvalue weighted by molar-refractivity contribution is 0.227. The molecule has 0 unspecified atom stereocenters. The van der Waals surface area contributed by atoms with Crippen LogP contribution in [-0.2, 0) is 0 Å². The molecule has 2 rings (SSSR count). The molecule has 4 heteroatoms. The minimum Gasteiger partial charge on any atom is -0.490 e. The largest absolute Gasteiger partial charge is 0.490 e. The van der Waals surface area contributed by atoms with Crippen LogP contribution in [-0.4, -0.2) is 44.3 Å². The number of hydrogen-bond donors (Lipinski definition) is 1. The second-order valence-electron chi connectivity index (χ2n) is 5.39. The van der Waals surface area contributed by atoms with Crippen LogP contribution in [0.4, 0.5) is 0 Å². The Hall–Kier alpha value is -1.26. The molecule has 0 radical (unpaired) electrons. The Balaban J connectivity index is 2.24. The Labute approximate surface area is 121 Å². The van der Waals surface area contributed by atoms with Crippen molar-refractivity contribution < 1.29 is 9.47 Å². The highest BCUT2D eigenvalue weighted by Gasteiger charge is 2.26. The first-order chi connectivity index (χ1) is 9.65. The molecule has 0 saturated carbocycles. The fourth-order valence-electron chi connectivity index (χ4n) is 2.78. The van der Waals surface area contributed by atoms with E-state index in [-0.39, 0.29) is 6.04 Å². The number of rotatable bonds is 5. The van der Waals surface area contributed by atoms with Gasteiger partial charge in [-0.2, -0.15) is 0 Å². The zero-order chi connectivity index (χ0) is 14.5. The molecular weight excluding hydrogens is 252 g/mol. The van der Waals surface area contributed by atoms with Gasteiger partial charge in [-0.15, -0.1) is 0 Å². The topological polar surface area (TPSA) is 47.7 Å². The highest BCUT2D eigenvalue weighted by atomic mass is 16.5. The second-order valence-corrected chi connectivity index (χ2v) is 5.39. The molecule has 1 aliphatic heterocycles. The molecule has 0 aliphatic carbocycles. The van der Waals surface area contributed by atoms with Crippen molar-refractivity contribution in [2.24, 2.45) is 5.73 Å². The molecule has 2 N–H and O–H groups in total. The van der Waals surface area contributed by atoms with Crippen LogP contribution in [0.1, 0.15) is 31.7 Å². The van der Waals surface area contributed by atoms with Crippen LogP contribution in [0.15, 0.2) is 18.2 Å². The summed E-state index contributed by atoms with van der Waals surface area (Å²) in [7, 11) is 2.15. The van der Waals surface area contributed by atoms with Crippen molar-refractivity contribution >= 4 is 0 Å². The molecule has 1 aliphatic rings. The molecule has 2 atom stereocenters. The Morgan fingerprint density at radius 1 is 1.20 bits per heavy atom. The van der Waals surface area contributed by atoms with Crippen LogP contribution < -0.4 is 15.2 Å². The molecule has 0 spiro atoms. The van der Waals surface area contributed by atoms with E-state index in [1.807, 2.05) is 19.9 Å². The van der Waals surface area contributed by atoms with E-state index in [1.54, 1.807) is 0 Å². The zero-order valence-corrected chi connectivity index (χ0v) is 12.8. The van der Waals surface area contributed by atoms with Gasteiger partial charge >= 0.3 is 0 Å². The summed E-state index contributed by atoms with van der Waals surface area (Å²) >= 11 is 0. The van der Waals surface area contributed by atoms with Gasteiger partial charge in [-0.05, 0) is 51.6 Å². The molecule has 1 aromatic rings. The maximum atomic E-state index is 6.30. The van der Waals surface area contributed by atoms with Gasteiger partial charge in [0.2, 0.25) is 0 Å². The summed E-state index contributed by atoms with van der Waals surface area (Å²) in [6, 6.07) is 6.44. The molecule has 1 fully saturated rings. The number of benzene rings is 1. The van der Waals surface area contributed by atoms with E-state index in [0.29, 0.717) is 19.1 Å². The molecule has 0 amide bonds. The quantitative estimate of drug-likeness (QED) is 0.897. The summed E-state index contributed by atoms with van der Waals surface area (Å²) < 4.78 is 11.3. The van der Waals surface area contributed by atoms with Crippen molar-refractivity contribution in [1.82, 2.24) is 4.90 Å². The number of likely N-dealkylation sites (N-methyl/N-ethyl adjacent to an activating group) is 1. The van der Waals surface area contributed by atoms with E-state index in [4.69, 9.17) is 15.2 Å². The minimum atomic E-state index is 0.221. The Bertz CT molecular complexity index is 436. The molecule has 1 heterocycles. The van der Waals surface area contributed by atoms with E-state index in [1.165, 1.54) is 5.56 Å². The summed E-state index contributed by atoms with van der Waals surface area (Å²) in [4.78, 5) is 2.34. The van der Waals surface area contributed by atoms with Gasteiger partial charge in [-0.25, -0.2) is 0 Å². The summed E-state index contributed by atoms with van der Waals surface area (Å²) in [5, 5.41) is 0. The van der Waals surface area contributed by atoms with Gasteiger partial charge in [0.05, 0.1) is 13.2 Å². The van der Waals surface area contributed by atoms with Crippen molar-refractivity contribution in [2.45, 2.75) is 32.2 Å². The first-order valence-electron chi connectivity index (χ1n) is 7.49. The monoisotopic (exact) mass is 278 g/mol. The molecule has 0 aromatic heterocycles. The fraction of sp³-hybridized carbons (Fsp3) is 0.625. The van der Waals surface area contributed by atoms with Gasteiger partial charge in [0.25, 0.3) is 0 Å². The number of piperidine rings is 1. The van der Waals surface area contributed by atoms with Crippen LogP contribution in [0.25, 0.3) is 0 Å². The standard InChI is InChI=1S/C16H26N2O2/c1-4-19-15-7-6-12(10-16(15)20-5-2)13-11-18(3)9-8-14(13)17/h6-7,10,13-14H,4-5,8-9,11,17H2,1-3H3/t13-,14-/m1/s1. The summed E-state index contributed by atoms with van der Waals surface area (Å²) in [5.41, 5.74) is 7.54. The Morgan fingerprint density at radius 2 is 1.90 bits per heavy atom. The fourth-order valence-corrected chi connectivity index (χ4v) is 2.78. The number of ether oxygens (including phenoxy) is 2. The van der Waals surface area contributed by atoms with E-state index in [0.717, 1.165) is 31.0 Å². The summed E-state index contributed by atoms with van der Waals surface area (Å²) in [5.74, 6) is 2.01. The normalized spacial score (nSPS) is 23.6. The van der Waals surface area contributed by atoms with Gasteiger partial charge in [0, 0.05) is 18.5 Å². The number of hydrogen-bond acceptors (Lipinski definition) is 4. The predicted octanol–water partition coefficient (Wildman–Crippen LogP) is 2.23. The van der Waals surface area contributed by atoms with Crippen molar-refractivity contribution in [1.29, 1.82) is 0 Å². The zero-order valence-electron chi connectivity index (χ0n) is 12.8. The van der Waals surface area contributed by atoms with Crippen molar-refractivity contribution in [2.75, 3.05) is 33.4 Å². The third-order valence-electron chi connectivity index (χ3n) is 3.86. The van der Waals surface area contributed by atoms with E-state index >= 15 is 0 Å². The van der Waals surface area contributed by atoms with Crippen LogP contribution in [0, 0.1) is 0 Å². The third-order valence-corrected chi connectivity index (χ3v) is 3.86. The maximum absolute atomic E-state index is 6.30. The molecule has 1 aromatic carbocycles. The van der Waals surface area contributed by atoms with E-state index in [2.05, 4.69) is 24.1 Å². The Kier molecular flexibility index (Phi) is 5.26. The lowest BCUT2D eigenvalue weighted by Crippen LogP contribution is -2.44. The van der Waals surface area contributed by atoms with Crippen molar-refractivity contribution in [3.63, 3.8) is 0 Å². The van der Waals surface area contributed by atoms with Gasteiger partial charge in [0.1, 0.15) is 0 Å². The van der Waals surface area contributed by atoms with Crippen LogP contribution in [0.5, 0.6) is 11.5 Å².